The number of carbonyl (C=O) groups excluding carboxylic acids is 2. The summed E-state index contributed by atoms with van der Waals surface area (Å²) in [6.07, 6.45) is 0.818. The monoisotopic (exact) mass is 418 g/mol. The van der Waals surface area contributed by atoms with Gasteiger partial charge in [-0.3, -0.25) is 9.59 Å². The number of anilines is 1. The summed E-state index contributed by atoms with van der Waals surface area (Å²) in [6.45, 7) is 0. The highest BCUT2D eigenvalue weighted by atomic mass is 79.9. The second-order valence-electron chi connectivity index (χ2n) is 6.85. The Balaban J connectivity index is 1.36. The number of hydrogen-bond acceptors (Lipinski definition) is 5. The van der Waals surface area contributed by atoms with Gasteiger partial charge in [-0.05, 0) is 12.3 Å². The lowest BCUT2D eigenvalue weighted by atomic mass is 9.79. The maximum atomic E-state index is 12.9. The smallest absolute Gasteiger partial charge is 0.310 e. The number of amides is 1. The average Bonchev–Trinajstić information content (AvgIpc) is 3.34. The van der Waals surface area contributed by atoms with E-state index in [9.17, 15) is 9.59 Å². The summed E-state index contributed by atoms with van der Waals surface area (Å²) in [4.78, 5) is 29.6. The van der Waals surface area contributed by atoms with Crippen molar-refractivity contribution in [2.24, 2.45) is 23.7 Å². The lowest BCUT2D eigenvalue weighted by Gasteiger charge is -2.27. The van der Waals surface area contributed by atoms with Crippen LogP contribution in [0.4, 0.5) is 5.13 Å². The van der Waals surface area contributed by atoms with Crippen LogP contribution >= 0.6 is 27.3 Å². The van der Waals surface area contributed by atoms with Gasteiger partial charge in [0.15, 0.2) is 5.13 Å². The van der Waals surface area contributed by atoms with Crippen molar-refractivity contribution < 1.29 is 14.3 Å². The molecule has 2 heterocycles. The first-order chi connectivity index (χ1) is 12.1. The number of thiazole rings is 1. The number of esters is 1. The number of fused-ring (bicyclic) bond motifs is 1. The van der Waals surface area contributed by atoms with Crippen LogP contribution in [0, 0.1) is 23.7 Å². The van der Waals surface area contributed by atoms with E-state index in [0.29, 0.717) is 5.13 Å². The zero-order valence-electron chi connectivity index (χ0n) is 13.1. The third kappa shape index (κ3) is 2.29. The number of carbonyl (C=O) groups is 2. The Morgan fingerprint density at radius 2 is 2.08 bits per heavy atom. The summed E-state index contributed by atoms with van der Waals surface area (Å²) in [5, 5.41) is 5.42. The number of alkyl halides is 1. The van der Waals surface area contributed by atoms with E-state index in [-0.39, 0.29) is 46.5 Å². The fraction of sp³-hybridized carbons (Fsp3) is 0.389. The molecule has 7 heteroatoms. The molecular formula is C18H15BrN2O3S. The highest BCUT2D eigenvalue weighted by Gasteiger charge is 2.67. The van der Waals surface area contributed by atoms with Gasteiger partial charge in [-0.1, -0.05) is 46.3 Å². The van der Waals surface area contributed by atoms with Crippen molar-refractivity contribution >= 4 is 44.3 Å². The van der Waals surface area contributed by atoms with E-state index < -0.39 is 0 Å². The van der Waals surface area contributed by atoms with Crippen LogP contribution in [0.2, 0.25) is 0 Å². The van der Waals surface area contributed by atoms with Gasteiger partial charge in [-0.25, -0.2) is 4.98 Å². The minimum atomic E-state index is -0.329. The topological polar surface area (TPSA) is 68.3 Å². The first-order valence-electron chi connectivity index (χ1n) is 8.30. The number of ether oxygens (including phenoxy) is 1. The number of benzene rings is 1. The van der Waals surface area contributed by atoms with Crippen molar-refractivity contribution in [1.29, 1.82) is 0 Å². The van der Waals surface area contributed by atoms with E-state index in [4.69, 9.17) is 4.74 Å². The molecule has 25 heavy (non-hydrogen) atoms. The molecule has 128 valence electrons. The van der Waals surface area contributed by atoms with E-state index in [1.165, 1.54) is 11.3 Å². The highest BCUT2D eigenvalue weighted by molar-refractivity contribution is 9.09. The van der Waals surface area contributed by atoms with E-state index in [1.54, 1.807) is 0 Å². The Labute approximate surface area is 156 Å². The van der Waals surface area contributed by atoms with Gasteiger partial charge in [0.2, 0.25) is 5.91 Å². The Morgan fingerprint density at radius 1 is 1.28 bits per heavy atom. The molecule has 0 unspecified atom stereocenters. The number of aromatic nitrogens is 1. The van der Waals surface area contributed by atoms with Gasteiger partial charge in [0.1, 0.15) is 6.10 Å². The van der Waals surface area contributed by atoms with Crippen LogP contribution in [0.15, 0.2) is 35.7 Å². The average molecular weight is 419 g/mol. The van der Waals surface area contributed by atoms with Gasteiger partial charge in [0.25, 0.3) is 0 Å². The SMILES string of the molecule is O=C(Nc1nc(-c2ccccc2)cs1)[C@@H]1[C@H]2C[C@H]3[C@H](OC(=O)[C@@H]31)[C@H]2Br. The van der Waals surface area contributed by atoms with Gasteiger partial charge < -0.3 is 10.1 Å². The molecule has 2 aliphatic carbocycles. The maximum absolute atomic E-state index is 12.9. The largest absolute Gasteiger partial charge is 0.461 e. The van der Waals surface area contributed by atoms with Gasteiger partial charge in [-0.15, -0.1) is 11.3 Å². The predicted molar refractivity (Wildman–Crippen MR) is 97.4 cm³/mol. The van der Waals surface area contributed by atoms with Crippen molar-refractivity contribution in [3.05, 3.63) is 35.7 Å². The van der Waals surface area contributed by atoms with E-state index in [0.717, 1.165) is 17.7 Å². The zero-order chi connectivity index (χ0) is 17.1. The molecular weight excluding hydrogens is 404 g/mol. The quantitative estimate of drug-likeness (QED) is 0.612. The van der Waals surface area contributed by atoms with Crippen LogP contribution in [0.3, 0.4) is 0 Å². The van der Waals surface area contributed by atoms with Crippen molar-refractivity contribution in [1.82, 2.24) is 4.98 Å². The molecule has 3 fully saturated rings. The van der Waals surface area contributed by atoms with Crippen molar-refractivity contribution in [3.8, 4) is 11.3 Å². The molecule has 1 aromatic heterocycles. The van der Waals surface area contributed by atoms with Crippen LogP contribution in [0.25, 0.3) is 11.3 Å². The number of nitrogens with zero attached hydrogens (tertiary/aromatic N) is 1. The van der Waals surface area contributed by atoms with E-state index >= 15 is 0 Å². The second-order valence-corrected chi connectivity index (χ2v) is 8.77. The van der Waals surface area contributed by atoms with Crippen LogP contribution in [0.1, 0.15) is 6.42 Å². The molecule has 2 bridgehead atoms. The summed E-state index contributed by atoms with van der Waals surface area (Å²) in [7, 11) is 0. The van der Waals surface area contributed by atoms with Crippen molar-refractivity contribution in [2.45, 2.75) is 17.4 Å². The number of hydrogen-bond donors (Lipinski definition) is 1. The molecule has 1 N–H and O–H groups in total. The molecule has 2 aromatic rings. The molecule has 1 aliphatic heterocycles. The maximum Gasteiger partial charge on any atom is 0.310 e. The highest BCUT2D eigenvalue weighted by Crippen LogP contribution is 2.60. The van der Waals surface area contributed by atoms with Crippen LogP contribution in [-0.4, -0.2) is 27.8 Å². The molecule has 5 rings (SSSR count). The predicted octanol–water partition coefficient (Wildman–Crippen LogP) is 3.32. The van der Waals surface area contributed by atoms with Crippen molar-refractivity contribution in [3.63, 3.8) is 0 Å². The minimum Gasteiger partial charge on any atom is -0.461 e. The molecule has 1 saturated heterocycles. The van der Waals surface area contributed by atoms with Gasteiger partial charge in [0, 0.05) is 16.9 Å². The Hall–Kier alpha value is -1.73. The second kappa shape index (κ2) is 5.64. The fourth-order valence-corrected chi connectivity index (χ4v) is 6.36. The summed E-state index contributed by atoms with van der Waals surface area (Å²) in [5.74, 6) is -0.632. The molecule has 2 saturated carbocycles. The third-order valence-corrected chi connectivity index (χ3v) is 7.59. The fourth-order valence-electron chi connectivity index (χ4n) is 4.59. The van der Waals surface area contributed by atoms with Crippen LogP contribution in [0.5, 0.6) is 0 Å². The molecule has 3 aliphatic rings. The lowest BCUT2D eigenvalue weighted by Crippen LogP contribution is -2.40. The number of nitrogens with one attached hydrogen (secondary N) is 1. The Morgan fingerprint density at radius 3 is 2.88 bits per heavy atom. The van der Waals surface area contributed by atoms with E-state index in [2.05, 4.69) is 26.2 Å². The van der Waals surface area contributed by atoms with Gasteiger partial charge in [0.05, 0.1) is 22.4 Å². The Bertz CT molecular complexity index is 855. The van der Waals surface area contributed by atoms with E-state index in [1.807, 2.05) is 35.7 Å². The molecule has 6 atom stereocenters. The summed E-state index contributed by atoms with van der Waals surface area (Å²) >= 11 is 5.04. The minimum absolute atomic E-state index is 0.0592. The Kier molecular flexibility index (Phi) is 3.50. The summed E-state index contributed by atoms with van der Waals surface area (Å²) in [6, 6.07) is 9.85. The molecule has 0 radical (unpaired) electrons. The number of rotatable bonds is 3. The molecule has 0 spiro atoms. The first-order valence-corrected chi connectivity index (χ1v) is 10.1. The lowest BCUT2D eigenvalue weighted by molar-refractivity contribution is -0.145. The van der Waals surface area contributed by atoms with Gasteiger partial charge >= 0.3 is 5.97 Å². The zero-order valence-corrected chi connectivity index (χ0v) is 15.5. The van der Waals surface area contributed by atoms with Crippen molar-refractivity contribution in [2.75, 3.05) is 5.32 Å². The molecule has 1 amide bonds. The van der Waals surface area contributed by atoms with Crippen LogP contribution in [-0.2, 0) is 14.3 Å². The molecule has 5 nitrogen and oxygen atoms in total. The van der Waals surface area contributed by atoms with Gasteiger partial charge in [-0.2, -0.15) is 0 Å². The van der Waals surface area contributed by atoms with Crippen LogP contribution < -0.4 is 5.32 Å². The molecule has 1 aromatic carbocycles. The summed E-state index contributed by atoms with van der Waals surface area (Å²) in [5.41, 5.74) is 1.86. The number of halogens is 1. The standard InChI is InChI=1S/C18H15BrN2O3S/c19-14-9-6-10-13(17(23)24-15(10)14)12(9)16(22)21-18-20-11(7-25-18)8-4-2-1-3-5-8/h1-5,7,9-10,12-15H,6H2,(H,20,21,22)/t9-,10-,12-,13+,14+,15+/m1/s1. The normalized spacial score (nSPS) is 35.0. The third-order valence-electron chi connectivity index (χ3n) is 5.63. The first kappa shape index (κ1) is 15.5. The summed E-state index contributed by atoms with van der Waals surface area (Å²) < 4.78 is 5.47.